The fourth-order valence-electron chi connectivity index (χ4n) is 4.55. The zero-order chi connectivity index (χ0) is 25.7. The van der Waals surface area contributed by atoms with Gasteiger partial charge in [-0.1, -0.05) is 30.3 Å². The highest BCUT2D eigenvalue weighted by Gasteiger charge is 2.23. The molecule has 2 heterocycles. The van der Waals surface area contributed by atoms with Crippen LogP contribution in [0.5, 0.6) is 0 Å². The molecule has 0 fully saturated rings. The second-order valence-electron chi connectivity index (χ2n) is 9.15. The highest BCUT2D eigenvalue weighted by molar-refractivity contribution is 5.95. The van der Waals surface area contributed by atoms with Gasteiger partial charge in [0.1, 0.15) is 5.82 Å². The van der Waals surface area contributed by atoms with Crippen molar-refractivity contribution in [2.75, 3.05) is 31.1 Å². The number of halogens is 1. The van der Waals surface area contributed by atoms with Crippen LogP contribution in [0, 0.1) is 5.82 Å². The molecule has 36 heavy (non-hydrogen) atoms. The van der Waals surface area contributed by atoms with Gasteiger partial charge in [0.15, 0.2) is 0 Å². The molecule has 0 N–H and O–H groups in total. The number of aryl methyl sites for hydroxylation is 1. The maximum atomic E-state index is 13.6. The van der Waals surface area contributed by atoms with E-state index in [9.17, 15) is 18.8 Å². The summed E-state index contributed by atoms with van der Waals surface area (Å²) >= 11 is 0. The number of carbonyl (C=O) groups excluding carboxylic acids is 2. The molecule has 0 spiro atoms. The SMILES string of the molecule is CC(=O)N1CCCN(Cc2ccc(F)cc2)CCN(C(=O)c2ccc(=O)n(C)c2)Cc2ccccc21. The second kappa shape index (κ2) is 11.3. The van der Waals surface area contributed by atoms with Crippen LogP contribution in [0.4, 0.5) is 10.1 Å². The van der Waals surface area contributed by atoms with Crippen LogP contribution >= 0.6 is 0 Å². The third-order valence-electron chi connectivity index (χ3n) is 6.51. The molecule has 2 amide bonds. The highest BCUT2D eigenvalue weighted by Crippen LogP contribution is 2.24. The Kier molecular flexibility index (Phi) is 7.95. The number of benzene rings is 2. The van der Waals surface area contributed by atoms with E-state index in [1.165, 1.54) is 22.8 Å². The van der Waals surface area contributed by atoms with Gasteiger partial charge in [0.25, 0.3) is 5.91 Å². The van der Waals surface area contributed by atoms with Gasteiger partial charge < -0.3 is 14.4 Å². The van der Waals surface area contributed by atoms with Crippen LogP contribution in [-0.4, -0.2) is 52.4 Å². The molecule has 0 radical (unpaired) electrons. The van der Waals surface area contributed by atoms with E-state index in [1.807, 2.05) is 24.3 Å². The Balaban J connectivity index is 1.67. The van der Waals surface area contributed by atoms with Crippen molar-refractivity contribution in [2.45, 2.75) is 26.4 Å². The summed E-state index contributed by atoms with van der Waals surface area (Å²) in [6.07, 6.45) is 2.31. The maximum absolute atomic E-state index is 13.6. The summed E-state index contributed by atoms with van der Waals surface area (Å²) in [4.78, 5) is 43.8. The molecule has 2 aromatic carbocycles. The average Bonchev–Trinajstić information content (AvgIpc) is 2.90. The first-order valence-corrected chi connectivity index (χ1v) is 12.1. The summed E-state index contributed by atoms with van der Waals surface area (Å²) in [6, 6.07) is 17.1. The van der Waals surface area contributed by atoms with Crippen LogP contribution in [0.2, 0.25) is 0 Å². The molecule has 0 saturated heterocycles. The molecule has 4 rings (SSSR count). The number of rotatable bonds is 3. The summed E-state index contributed by atoms with van der Waals surface area (Å²) in [7, 11) is 1.62. The number of amides is 2. The summed E-state index contributed by atoms with van der Waals surface area (Å²) in [5.41, 5.74) is 2.91. The van der Waals surface area contributed by atoms with Crippen LogP contribution in [0.15, 0.2) is 71.7 Å². The number of hydrogen-bond donors (Lipinski definition) is 0. The monoisotopic (exact) mass is 490 g/mol. The van der Waals surface area contributed by atoms with Gasteiger partial charge >= 0.3 is 0 Å². The Morgan fingerprint density at radius 3 is 2.39 bits per heavy atom. The van der Waals surface area contributed by atoms with E-state index >= 15 is 0 Å². The molecule has 0 atom stereocenters. The number of anilines is 1. The van der Waals surface area contributed by atoms with Gasteiger partial charge in [-0.05, 0) is 41.8 Å². The van der Waals surface area contributed by atoms with E-state index < -0.39 is 0 Å². The lowest BCUT2D eigenvalue weighted by atomic mass is 10.1. The standard InChI is InChI=1S/C28H31FN4O3/c1-21(34)33-15-5-14-31(18-22-8-11-25(29)12-9-22)16-17-32(20-23-6-3-4-7-26(23)33)28(36)24-10-13-27(35)30(2)19-24/h3-4,6-13,19H,5,14-18,20H2,1-2H3. The Labute approximate surface area is 210 Å². The first-order chi connectivity index (χ1) is 17.3. The van der Waals surface area contributed by atoms with Crippen LogP contribution in [0.25, 0.3) is 0 Å². The number of para-hydroxylation sites is 1. The van der Waals surface area contributed by atoms with E-state index in [-0.39, 0.29) is 23.2 Å². The van der Waals surface area contributed by atoms with Gasteiger partial charge in [-0.25, -0.2) is 4.39 Å². The summed E-state index contributed by atoms with van der Waals surface area (Å²) in [5, 5.41) is 0. The van der Waals surface area contributed by atoms with Crippen molar-refractivity contribution >= 4 is 17.5 Å². The predicted molar refractivity (Wildman–Crippen MR) is 137 cm³/mol. The van der Waals surface area contributed by atoms with E-state index in [1.54, 1.807) is 48.2 Å². The van der Waals surface area contributed by atoms with Crippen LogP contribution in [-0.2, 0) is 24.9 Å². The molecule has 0 saturated carbocycles. The van der Waals surface area contributed by atoms with Crippen LogP contribution in [0.1, 0.15) is 34.8 Å². The fraction of sp³-hybridized carbons (Fsp3) is 0.321. The van der Waals surface area contributed by atoms with E-state index in [0.717, 1.165) is 23.2 Å². The molecule has 0 aliphatic carbocycles. The maximum Gasteiger partial charge on any atom is 0.255 e. The lowest BCUT2D eigenvalue weighted by Crippen LogP contribution is -2.39. The molecule has 1 aliphatic heterocycles. The van der Waals surface area contributed by atoms with Gasteiger partial charge in [-0.2, -0.15) is 0 Å². The number of carbonyl (C=O) groups is 2. The summed E-state index contributed by atoms with van der Waals surface area (Å²) in [6.45, 7) is 4.82. The molecule has 0 unspecified atom stereocenters. The minimum atomic E-state index is -0.278. The molecule has 0 bridgehead atoms. The average molecular weight is 491 g/mol. The van der Waals surface area contributed by atoms with Gasteiger partial charge in [-0.3, -0.25) is 19.3 Å². The number of hydrogen-bond acceptors (Lipinski definition) is 4. The zero-order valence-corrected chi connectivity index (χ0v) is 20.7. The van der Waals surface area contributed by atoms with Crippen molar-refractivity contribution in [3.8, 4) is 0 Å². The molecular formula is C28H31FN4O3. The minimum absolute atomic E-state index is 0.0530. The van der Waals surface area contributed by atoms with Crippen molar-refractivity contribution in [3.05, 3.63) is 99.7 Å². The van der Waals surface area contributed by atoms with Gasteiger partial charge in [0.05, 0.1) is 5.56 Å². The molecule has 1 aliphatic rings. The van der Waals surface area contributed by atoms with Crippen molar-refractivity contribution in [3.63, 3.8) is 0 Å². The molecule has 7 nitrogen and oxygen atoms in total. The topological polar surface area (TPSA) is 65.9 Å². The smallest absolute Gasteiger partial charge is 0.255 e. The largest absolute Gasteiger partial charge is 0.333 e. The second-order valence-corrected chi connectivity index (χ2v) is 9.15. The Morgan fingerprint density at radius 2 is 1.67 bits per heavy atom. The third kappa shape index (κ3) is 6.07. The number of fused-ring (bicyclic) bond motifs is 1. The van der Waals surface area contributed by atoms with Crippen molar-refractivity contribution < 1.29 is 14.0 Å². The lowest BCUT2D eigenvalue weighted by Gasteiger charge is -2.28. The van der Waals surface area contributed by atoms with Crippen molar-refractivity contribution in [1.29, 1.82) is 0 Å². The number of pyridine rings is 1. The van der Waals surface area contributed by atoms with E-state index in [2.05, 4.69) is 4.90 Å². The van der Waals surface area contributed by atoms with Crippen LogP contribution in [0.3, 0.4) is 0 Å². The Bertz CT molecular complexity index is 1290. The fourth-order valence-corrected chi connectivity index (χ4v) is 4.55. The molecule has 188 valence electrons. The minimum Gasteiger partial charge on any atom is -0.333 e. The van der Waals surface area contributed by atoms with Crippen molar-refractivity contribution in [1.82, 2.24) is 14.4 Å². The van der Waals surface area contributed by atoms with Crippen molar-refractivity contribution in [2.24, 2.45) is 7.05 Å². The predicted octanol–water partition coefficient (Wildman–Crippen LogP) is 3.43. The lowest BCUT2D eigenvalue weighted by molar-refractivity contribution is -0.116. The molecular weight excluding hydrogens is 459 g/mol. The van der Waals surface area contributed by atoms with Crippen LogP contribution < -0.4 is 10.5 Å². The summed E-state index contributed by atoms with van der Waals surface area (Å²) in [5.74, 6) is -0.515. The third-order valence-corrected chi connectivity index (χ3v) is 6.51. The normalized spacial score (nSPS) is 15.2. The Hall–Kier alpha value is -3.78. The quantitative estimate of drug-likeness (QED) is 0.564. The first kappa shape index (κ1) is 25.3. The Morgan fingerprint density at radius 1 is 0.917 bits per heavy atom. The highest BCUT2D eigenvalue weighted by atomic mass is 19.1. The number of aromatic nitrogens is 1. The van der Waals surface area contributed by atoms with E-state index in [0.29, 0.717) is 44.8 Å². The molecule has 1 aromatic heterocycles. The molecule has 8 heteroatoms. The van der Waals surface area contributed by atoms with Gasteiger partial charge in [0, 0.05) is 71.2 Å². The first-order valence-electron chi connectivity index (χ1n) is 12.1. The zero-order valence-electron chi connectivity index (χ0n) is 20.7. The molecule has 3 aromatic rings. The van der Waals surface area contributed by atoms with E-state index in [4.69, 9.17) is 0 Å². The van der Waals surface area contributed by atoms with Gasteiger partial charge in [0.2, 0.25) is 11.5 Å². The summed E-state index contributed by atoms with van der Waals surface area (Å²) < 4.78 is 14.8. The number of nitrogens with zero attached hydrogens (tertiary/aromatic N) is 4. The van der Waals surface area contributed by atoms with Gasteiger partial charge in [-0.15, -0.1) is 0 Å².